The van der Waals surface area contributed by atoms with Gasteiger partial charge in [0, 0.05) is 17.8 Å². The third-order valence-electron chi connectivity index (χ3n) is 5.08. The standard InChI is InChI=1S/C21H33N3O2S/c1-4-5-6-14-26-19-12-10-18(11-13-19)22-21(27)23-20(25)15-24-16(2)8-7-9-17(24)3/h10-13,16-17H,4-9,14-15H2,1-3H3,(H2,22,23,25,27). The molecule has 1 fully saturated rings. The van der Waals surface area contributed by atoms with Crippen LogP contribution in [0.15, 0.2) is 24.3 Å². The summed E-state index contributed by atoms with van der Waals surface area (Å²) in [7, 11) is 0. The first-order valence-electron chi connectivity index (χ1n) is 10.1. The fourth-order valence-electron chi connectivity index (χ4n) is 3.46. The molecule has 1 aliphatic heterocycles. The number of carbonyl (C=O) groups excluding carboxylic acids is 1. The Morgan fingerprint density at radius 2 is 1.85 bits per heavy atom. The van der Waals surface area contributed by atoms with E-state index in [-0.39, 0.29) is 5.91 Å². The molecule has 27 heavy (non-hydrogen) atoms. The molecule has 0 bridgehead atoms. The second-order valence-electron chi connectivity index (χ2n) is 7.38. The van der Waals surface area contributed by atoms with E-state index in [4.69, 9.17) is 17.0 Å². The van der Waals surface area contributed by atoms with E-state index in [1.807, 2.05) is 24.3 Å². The number of nitrogens with zero attached hydrogens (tertiary/aromatic N) is 1. The van der Waals surface area contributed by atoms with Crippen LogP contribution in [-0.4, -0.2) is 41.2 Å². The van der Waals surface area contributed by atoms with Crippen LogP contribution in [0.5, 0.6) is 5.75 Å². The molecule has 0 aliphatic carbocycles. The van der Waals surface area contributed by atoms with E-state index in [1.165, 1.54) is 19.3 Å². The van der Waals surface area contributed by atoms with Crippen molar-refractivity contribution in [3.63, 3.8) is 0 Å². The van der Waals surface area contributed by atoms with Crippen LogP contribution in [0.1, 0.15) is 59.3 Å². The highest BCUT2D eigenvalue weighted by molar-refractivity contribution is 7.80. The molecule has 6 heteroatoms. The van der Waals surface area contributed by atoms with Crippen molar-refractivity contribution in [3.05, 3.63) is 24.3 Å². The molecule has 1 aromatic carbocycles. The Balaban J connectivity index is 1.75. The highest BCUT2D eigenvalue weighted by atomic mass is 32.1. The monoisotopic (exact) mass is 391 g/mol. The van der Waals surface area contributed by atoms with E-state index < -0.39 is 0 Å². The zero-order valence-electron chi connectivity index (χ0n) is 16.8. The fraction of sp³-hybridized carbons (Fsp3) is 0.619. The van der Waals surface area contributed by atoms with Gasteiger partial charge in [-0.1, -0.05) is 26.2 Å². The van der Waals surface area contributed by atoms with Crippen LogP contribution in [0, 0.1) is 0 Å². The summed E-state index contributed by atoms with van der Waals surface area (Å²) in [6.07, 6.45) is 6.97. The molecule has 1 aliphatic rings. The van der Waals surface area contributed by atoms with Crippen LogP contribution in [0.25, 0.3) is 0 Å². The number of nitrogens with one attached hydrogen (secondary N) is 2. The largest absolute Gasteiger partial charge is 0.494 e. The van der Waals surface area contributed by atoms with Crippen LogP contribution >= 0.6 is 12.2 Å². The molecule has 5 nitrogen and oxygen atoms in total. The van der Waals surface area contributed by atoms with E-state index in [1.54, 1.807) is 0 Å². The fourth-order valence-corrected chi connectivity index (χ4v) is 3.69. The van der Waals surface area contributed by atoms with Crippen molar-refractivity contribution in [1.29, 1.82) is 0 Å². The van der Waals surface area contributed by atoms with Gasteiger partial charge in [-0.3, -0.25) is 9.69 Å². The quantitative estimate of drug-likeness (QED) is 0.510. The van der Waals surface area contributed by atoms with Gasteiger partial charge in [0.05, 0.1) is 13.2 Å². The summed E-state index contributed by atoms with van der Waals surface area (Å²) in [6.45, 7) is 7.67. The summed E-state index contributed by atoms with van der Waals surface area (Å²) in [5.74, 6) is 0.781. The highest BCUT2D eigenvalue weighted by Crippen LogP contribution is 2.21. The number of carbonyl (C=O) groups is 1. The minimum absolute atomic E-state index is 0.0658. The molecular formula is C21H33N3O2S. The minimum atomic E-state index is -0.0658. The number of hydrogen-bond acceptors (Lipinski definition) is 4. The van der Waals surface area contributed by atoms with Gasteiger partial charge >= 0.3 is 0 Å². The zero-order chi connectivity index (χ0) is 19.6. The summed E-state index contributed by atoms with van der Waals surface area (Å²) < 4.78 is 5.70. The molecule has 1 aromatic rings. The lowest BCUT2D eigenvalue weighted by Crippen LogP contribution is -2.50. The molecular weight excluding hydrogens is 358 g/mol. The average molecular weight is 392 g/mol. The molecule has 2 unspecified atom stereocenters. The van der Waals surface area contributed by atoms with Crippen LogP contribution in [0.3, 0.4) is 0 Å². The number of benzene rings is 1. The van der Waals surface area contributed by atoms with Crippen molar-refractivity contribution in [2.75, 3.05) is 18.5 Å². The van der Waals surface area contributed by atoms with E-state index >= 15 is 0 Å². The van der Waals surface area contributed by atoms with Crippen molar-refractivity contribution in [3.8, 4) is 5.75 Å². The molecule has 1 amide bonds. The maximum Gasteiger partial charge on any atom is 0.240 e. The maximum atomic E-state index is 12.3. The van der Waals surface area contributed by atoms with Gasteiger partial charge in [0.1, 0.15) is 5.75 Å². The number of unbranched alkanes of at least 4 members (excludes halogenated alkanes) is 2. The Labute approximate surface area is 168 Å². The number of anilines is 1. The smallest absolute Gasteiger partial charge is 0.240 e. The predicted octanol–water partition coefficient (Wildman–Crippen LogP) is 4.33. The molecule has 0 aromatic heterocycles. The molecule has 0 saturated carbocycles. The van der Waals surface area contributed by atoms with Crippen molar-refractivity contribution in [2.45, 2.75) is 71.4 Å². The number of thiocarbonyl (C=S) groups is 1. The topological polar surface area (TPSA) is 53.6 Å². The molecule has 150 valence electrons. The van der Waals surface area contributed by atoms with Gasteiger partial charge < -0.3 is 15.4 Å². The van der Waals surface area contributed by atoms with Crippen LogP contribution in [0.4, 0.5) is 5.69 Å². The van der Waals surface area contributed by atoms with E-state index in [9.17, 15) is 4.79 Å². The zero-order valence-corrected chi connectivity index (χ0v) is 17.6. The van der Waals surface area contributed by atoms with Gasteiger partial charge in [0.2, 0.25) is 5.91 Å². The average Bonchev–Trinajstić information content (AvgIpc) is 2.63. The number of piperidine rings is 1. The summed E-state index contributed by atoms with van der Waals surface area (Å²) in [5.41, 5.74) is 0.834. The van der Waals surface area contributed by atoms with E-state index in [2.05, 4.69) is 36.3 Å². The van der Waals surface area contributed by atoms with Crippen LogP contribution in [0.2, 0.25) is 0 Å². The van der Waals surface area contributed by atoms with Crippen molar-refractivity contribution < 1.29 is 9.53 Å². The second-order valence-corrected chi connectivity index (χ2v) is 7.79. The normalized spacial score (nSPS) is 20.1. The second kappa shape index (κ2) is 11.2. The summed E-state index contributed by atoms with van der Waals surface area (Å²) in [6, 6.07) is 8.51. The Morgan fingerprint density at radius 3 is 2.48 bits per heavy atom. The summed E-state index contributed by atoms with van der Waals surface area (Å²) in [5, 5.41) is 6.18. The SMILES string of the molecule is CCCCCOc1ccc(NC(=S)NC(=O)CN2C(C)CCCC2C)cc1. The van der Waals surface area contributed by atoms with Gasteiger partial charge in [-0.2, -0.15) is 0 Å². The highest BCUT2D eigenvalue weighted by Gasteiger charge is 2.26. The molecule has 1 heterocycles. The molecule has 2 N–H and O–H groups in total. The third-order valence-corrected chi connectivity index (χ3v) is 5.29. The Kier molecular flexibility index (Phi) is 9.01. The molecule has 0 spiro atoms. The first-order valence-corrected chi connectivity index (χ1v) is 10.5. The Hall–Kier alpha value is -1.66. The lowest BCUT2D eigenvalue weighted by molar-refractivity contribution is -0.122. The van der Waals surface area contributed by atoms with Gasteiger partial charge in [-0.15, -0.1) is 0 Å². The lowest BCUT2D eigenvalue weighted by atomic mass is 9.97. The number of ether oxygens (including phenoxy) is 1. The molecule has 2 rings (SSSR count). The van der Waals surface area contributed by atoms with Gasteiger partial charge in [0.25, 0.3) is 0 Å². The van der Waals surface area contributed by atoms with Crippen molar-refractivity contribution in [2.24, 2.45) is 0 Å². The first kappa shape index (κ1) is 21.6. The lowest BCUT2D eigenvalue weighted by Gasteiger charge is -2.38. The molecule has 2 atom stereocenters. The third kappa shape index (κ3) is 7.46. The van der Waals surface area contributed by atoms with Gasteiger partial charge in [0.15, 0.2) is 5.11 Å². The molecule has 1 saturated heterocycles. The summed E-state index contributed by atoms with van der Waals surface area (Å²) in [4.78, 5) is 14.6. The van der Waals surface area contributed by atoms with Crippen LogP contribution in [-0.2, 0) is 4.79 Å². The maximum absolute atomic E-state index is 12.3. The Bertz CT molecular complexity index is 596. The molecule has 0 radical (unpaired) electrons. The van der Waals surface area contributed by atoms with E-state index in [0.717, 1.165) is 37.3 Å². The Morgan fingerprint density at radius 1 is 1.19 bits per heavy atom. The number of hydrogen-bond donors (Lipinski definition) is 2. The first-order chi connectivity index (χ1) is 13.0. The van der Waals surface area contributed by atoms with Crippen LogP contribution < -0.4 is 15.4 Å². The van der Waals surface area contributed by atoms with Gasteiger partial charge in [-0.05, 0) is 69.6 Å². The minimum Gasteiger partial charge on any atom is -0.494 e. The van der Waals surface area contributed by atoms with E-state index in [0.29, 0.717) is 23.7 Å². The summed E-state index contributed by atoms with van der Waals surface area (Å²) >= 11 is 5.28. The van der Waals surface area contributed by atoms with Gasteiger partial charge in [-0.25, -0.2) is 0 Å². The number of amides is 1. The number of rotatable bonds is 8. The number of likely N-dealkylation sites (tertiary alicyclic amines) is 1. The van der Waals surface area contributed by atoms with Crippen molar-refractivity contribution >= 4 is 28.9 Å². The predicted molar refractivity (Wildman–Crippen MR) is 115 cm³/mol. The van der Waals surface area contributed by atoms with Crippen molar-refractivity contribution in [1.82, 2.24) is 10.2 Å².